The van der Waals surface area contributed by atoms with Gasteiger partial charge in [-0.25, -0.2) is 8.42 Å². The Hall–Kier alpha value is -3.38. The summed E-state index contributed by atoms with van der Waals surface area (Å²) in [5.41, 5.74) is 5.08. The number of carbonyl (C=O) groups excluding carboxylic acids is 1. The van der Waals surface area contributed by atoms with E-state index in [2.05, 4.69) is 11.9 Å². The fourth-order valence-electron chi connectivity index (χ4n) is 3.65. The van der Waals surface area contributed by atoms with Gasteiger partial charge in [-0.2, -0.15) is 0 Å². The van der Waals surface area contributed by atoms with Gasteiger partial charge < -0.3 is 5.32 Å². The number of aryl methyl sites for hydroxylation is 2. The highest BCUT2D eigenvalue weighted by Gasteiger charge is 2.34. The van der Waals surface area contributed by atoms with Gasteiger partial charge in [-0.3, -0.25) is 9.10 Å². The summed E-state index contributed by atoms with van der Waals surface area (Å²) in [6.45, 7) is 7.75. The van der Waals surface area contributed by atoms with Gasteiger partial charge in [-0.1, -0.05) is 36.4 Å². The molecule has 3 aromatic rings. The van der Waals surface area contributed by atoms with E-state index in [1.165, 1.54) is 4.31 Å². The van der Waals surface area contributed by atoms with E-state index in [0.717, 1.165) is 16.8 Å². The third-order valence-corrected chi connectivity index (χ3v) is 7.05. The molecule has 30 heavy (non-hydrogen) atoms. The van der Waals surface area contributed by atoms with Gasteiger partial charge in [-0.15, -0.1) is 6.58 Å². The van der Waals surface area contributed by atoms with Gasteiger partial charge in [0.15, 0.2) is 0 Å². The SMILES string of the molecule is C=CCN1c2ccc(C(=O)Nc3cc(C)ccc3C)cc2-c2ccccc2S1(=O)=O. The van der Waals surface area contributed by atoms with Crippen molar-refractivity contribution in [1.29, 1.82) is 0 Å². The van der Waals surface area contributed by atoms with Crippen molar-refractivity contribution in [2.75, 3.05) is 16.2 Å². The fourth-order valence-corrected chi connectivity index (χ4v) is 5.32. The highest BCUT2D eigenvalue weighted by Crippen LogP contribution is 2.43. The summed E-state index contributed by atoms with van der Waals surface area (Å²) in [5.74, 6) is -0.243. The standard InChI is InChI=1S/C24H22N2O3S/c1-4-13-26-22-12-11-18(24(27)25-21-14-16(2)9-10-17(21)3)15-20(22)19-7-5-6-8-23(19)30(26,28)29/h4-12,14-15H,1,13H2,2-3H3,(H,25,27). The number of carbonyl (C=O) groups is 1. The van der Waals surface area contributed by atoms with E-state index in [1.54, 1.807) is 48.5 Å². The van der Waals surface area contributed by atoms with Crippen molar-refractivity contribution in [1.82, 2.24) is 0 Å². The maximum atomic E-state index is 13.1. The molecule has 3 aromatic carbocycles. The van der Waals surface area contributed by atoms with E-state index >= 15 is 0 Å². The van der Waals surface area contributed by atoms with Crippen LogP contribution in [0, 0.1) is 13.8 Å². The summed E-state index contributed by atoms with van der Waals surface area (Å²) < 4.78 is 27.5. The number of hydrogen-bond acceptors (Lipinski definition) is 3. The molecule has 1 amide bonds. The Morgan fingerprint density at radius 3 is 2.57 bits per heavy atom. The van der Waals surface area contributed by atoms with E-state index in [0.29, 0.717) is 22.4 Å². The summed E-state index contributed by atoms with van der Waals surface area (Å²) in [5, 5.41) is 2.96. The van der Waals surface area contributed by atoms with Crippen LogP contribution in [-0.4, -0.2) is 20.9 Å². The van der Waals surface area contributed by atoms with Crippen molar-refractivity contribution >= 4 is 27.3 Å². The topological polar surface area (TPSA) is 66.5 Å². The Kier molecular flexibility index (Phi) is 4.95. The summed E-state index contributed by atoms with van der Waals surface area (Å²) >= 11 is 0. The molecule has 5 nitrogen and oxygen atoms in total. The van der Waals surface area contributed by atoms with Crippen molar-refractivity contribution in [3.8, 4) is 11.1 Å². The minimum atomic E-state index is -3.69. The van der Waals surface area contributed by atoms with Gasteiger partial charge in [0.05, 0.1) is 17.1 Å². The molecule has 0 saturated carbocycles. The molecule has 0 atom stereocenters. The minimum Gasteiger partial charge on any atom is -0.322 e. The molecule has 0 unspecified atom stereocenters. The Labute approximate surface area is 176 Å². The summed E-state index contributed by atoms with van der Waals surface area (Å²) in [7, 11) is -3.69. The van der Waals surface area contributed by atoms with Crippen LogP contribution in [0.4, 0.5) is 11.4 Å². The molecular formula is C24H22N2O3S. The molecule has 0 aromatic heterocycles. The molecule has 1 heterocycles. The molecule has 4 rings (SSSR count). The van der Waals surface area contributed by atoms with Crippen LogP contribution >= 0.6 is 0 Å². The lowest BCUT2D eigenvalue weighted by atomic mass is 9.99. The average Bonchev–Trinajstić information content (AvgIpc) is 2.73. The maximum Gasteiger partial charge on any atom is 0.265 e. The molecule has 0 bridgehead atoms. The van der Waals surface area contributed by atoms with Crippen molar-refractivity contribution in [3.63, 3.8) is 0 Å². The molecule has 0 saturated heterocycles. The normalized spacial score (nSPS) is 13.9. The second-order valence-corrected chi connectivity index (χ2v) is 9.16. The maximum absolute atomic E-state index is 13.1. The Morgan fingerprint density at radius 1 is 1.03 bits per heavy atom. The van der Waals surface area contributed by atoms with Gasteiger partial charge in [0.25, 0.3) is 15.9 Å². The first kappa shape index (κ1) is 19.9. The van der Waals surface area contributed by atoms with Gasteiger partial charge in [0.2, 0.25) is 0 Å². The zero-order valence-electron chi connectivity index (χ0n) is 16.8. The van der Waals surface area contributed by atoms with Gasteiger partial charge in [0, 0.05) is 22.4 Å². The summed E-state index contributed by atoms with van der Waals surface area (Å²) in [4.78, 5) is 13.2. The molecule has 0 aliphatic carbocycles. The second kappa shape index (κ2) is 7.46. The molecule has 0 radical (unpaired) electrons. The third-order valence-electron chi connectivity index (χ3n) is 5.21. The molecule has 6 heteroatoms. The molecule has 0 fully saturated rings. The number of fused-ring (bicyclic) bond motifs is 3. The number of rotatable bonds is 4. The third kappa shape index (κ3) is 3.29. The Balaban J connectivity index is 1.80. The first-order valence-corrected chi connectivity index (χ1v) is 11.0. The lowest BCUT2D eigenvalue weighted by molar-refractivity contribution is 0.102. The fraction of sp³-hybridized carbons (Fsp3) is 0.125. The number of anilines is 2. The minimum absolute atomic E-state index is 0.150. The number of amides is 1. The lowest BCUT2D eigenvalue weighted by Crippen LogP contribution is -2.34. The predicted molar refractivity (Wildman–Crippen MR) is 120 cm³/mol. The summed E-state index contributed by atoms with van der Waals surface area (Å²) in [6, 6.07) is 17.8. The number of nitrogens with zero attached hydrogens (tertiary/aromatic N) is 1. The van der Waals surface area contributed by atoms with Crippen molar-refractivity contribution in [3.05, 3.63) is 90.0 Å². The van der Waals surface area contributed by atoms with Crippen molar-refractivity contribution < 1.29 is 13.2 Å². The number of hydrogen-bond donors (Lipinski definition) is 1. The smallest absolute Gasteiger partial charge is 0.265 e. The van der Waals surface area contributed by atoms with Crippen LogP contribution in [0.15, 0.2) is 78.2 Å². The van der Waals surface area contributed by atoms with E-state index in [9.17, 15) is 13.2 Å². The van der Waals surface area contributed by atoms with Gasteiger partial charge in [-0.05, 0) is 55.3 Å². The molecule has 1 aliphatic rings. The monoisotopic (exact) mass is 418 g/mol. The van der Waals surface area contributed by atoms with Crippen LogP contribution in [0.5, 0.6) is 0 Å². The molecule has 152 valence electrons. The van der Waals surface area contributed by atoms with Crippen LogP contribution in [0.3, 0.4) is 0 Å². The van der Waals surface area contributed by atoms with Crippen LogP contribution in [0.1, 0.15) is 21.5 Å². The van der Waals surface area contributed by atoms with Gasteiger partial charge >= 0.3 is 0 Å². The highest BCUT2D eigenvalue weighted by atomic mass is 32.2. The number of sulfonamides is 1. The van der Waals surface area contributed by atoms with Crippen LogP contribution in [-0.2, 0) is 10.0 Å². The van der Waals surface area contributed by atoms with E-state index in [1.807, 2.05) is 32.0 Å². The van der Waals surface area contributed by atoms with Crippen molar-refractivity contribution in [2.24, 2.45) is 0 Å². The number of nitrogens with one attached hydrogen (secondary N) is 1. The zero-order valence-corrected chi connectivity index (χ0v) is 17.7. The van der Waals surface area contributed by atoms with E-state index in [-0.39, 0.29) is 17.3 Å². The quantitative estimate of drug-likeness (QED) is 0.612. The number of benzene rings is 3. The van der Waals surface area contributed by atoms with Gasteiger partial charge in [0.1, 0.15) is 0 Å². The summed E-state index contributed by atoms with van der Waals surface area (Å²) in [6.07, 6.45) is 1.55. The van der Waals surface area contributed by atoms with Crippen LogP contribution < -0.4 is 9.62 Å². The predicted octanol–water partition coefficient (Wildman–Crippen LogP) is 4.92. The lowest BCUT2D eigenvalue weighted by Gasteiger charge is -2.31. The molecular weight excluding hydrogens is 396 g/mol. The first-order chi connectivity index (χ1) is 14.3. The zero-order chi connectivity index (χ0) is 21.5. The Bertz CT molecular complexity index is 1280. The second-order valence-electron chi connectivity index (χ2n) is 7.33. The molecule has 1 aliphatic heterocycles. The molecule has 1 N–H and O–H groups in total. The molecule has 0 spiro atoms. The first-order valence-electron chi connectivity index (χ1n) is 9.58. The highest BCUT2D eigenvalue weighted by molar-refractivity contribution is 7.93. The Morgan fingerprint density at radius 2 is 1.80 bits per heavy atom. The van der Waals surface area contributed by atoms with Crippen LogP contribution in [0.25, 0.3) is 11.1 Å². The largest absolute Gasteiger partial charge is 0.322 e. The van der Waals surface area contributed by atoms with Crippen molar-refractivity contribution in [2.45, 2.75) is 18.7 Å². The van der Waals surface area contributed by atoms with E-state index < -0.39 is 10.0 Å². The average molecular weight is 419 g/mol. The van der Waals surface area contributed by atoms with Crippen LogP contribution in [0.2, 0.25) is 0 Å². The van der Waals surface area contributed by atoms with E-state index in [4.69, 9.17) is 0 Å².